The molecule has 0 unspecified atom stereocenters. The molecule has 1 heterocycles. The fraction of sp³-hybridized carbons (Fsp3) is 0.143. The van der Waals surface area contributed by atoms with Crippen molar-refractivity contribution in [2.75, 3.05) is 24.9 Å². The van der Waals surface area contributed by atoms with E-state index in [1.807, 2.05) is 0 Å². The number of rotatable bonds is 4. The molecule has 1 aromatic heterocycles. The highest BCUT2D eigenvalue weighted by atomic mass is 16.5. The number of hydrogen-bond acceptors (Lipinski definition) is 4. The Morgan fingerprint density at radius 3 is 2.45 bits per heavy atom. The van der Waals surface area contributed by atoms with Gasteiger partial charge in [0.1, 0.15) is 0 Å². The Morgan fingerprint density at radius 2 is 1.80 bits per heavy atom. The number of urea groups is 1. The van der Waals surface area contributed by atoms with Crippen LogP contribution < -0.4 is 20.1 Å². The SMILES string of the molecule is COc1ccc(NC(=O)Nc2cccnc2)cc1OC. The lowest BCUT2D eigenvalue weighted by atomic mass is 10.3. The first-order valence-electron chi connectivity index (χ1n) is 5.93. The number of carbonyl (C=O) groups excluding carboxylic acids is 1. The lowest BCUT2D eigenvalue weighted by Gasteiger charge is -2.11. The van der Waals surface area contributed by atoms with Gasteiger partial charge in [0.15, 0.2) is 11.5 Å². The molecular weight excluding hydrogens is 258 g/mol. The van der Waals surface area contributed by atoms with Crippen LogP contribution in [0.2, 0.25) is 0 Å². The maximum Gasteiger partial charge on any atom is 0.323 e. The van der Waals surface area contributed by atoms with Crippen molar-refractivity contribution in [3.63, 3.8) is 0 Å². The molecule has 104 valence electrons. The van der Waals surface area contributed by atoms with E-state index in [0.29, 0.717) is 22.9 Å². The molecule has 2 N–H and O–H groups in total. The van der Waals surface area contributed by atoms with Gasteiger partial charge in [-0.05, 0) is 24.3 Å². The van der Waals surface area contributed by atoms with E-state index in [0.717, 1.165) is 0 Å². The summed E-state index contributed by atoms with van der Waals surface area (Å²) in [4.78, 5) is 15.7. The van der Waals surface area contributed by atoms with Gasteiger partial charge in [0, 0.05) is 18.0 Å². The molecule has 0 radical (unpaired) electrons. The molecule has 0 fully saturated rings. The smallest absolute Gasteiger partial charge is 0.323 e. The summed E-state index contributed by atoms with van der Waals surface area (Å²) in [7, 11) is 3.09. The summed E-state index contributed by atoms with van der Waals surface area (Å²) in [6.45, 7) is 0. The summed E-state index contributed by atoms with van der Waals surface area (Å²) in [6.07, 6.45) is 3.20. The standard InChI is InChI=1S/C14H15N3O3/c1-19-12-6-5-10(8-13(12)20-2)16-14(18)17-11-4-3-7-15-9-11/h3-9H,1-2H3,(H2,16,17,18). The molecule has 0 aliphatic rings. The van der Waals surface area contributed by atoms with Gasteiger partial charge in [0.2, 0.25) is 0 Å². The van der Waals surface area contributed by atoms with Crippen LogP contribution >= 0.6 is 0 Å². The molecule has 0 saturated heterocycles. The highest BCUT2D eigenvalue weighted by Crippen LogP contribution is 2.29. The van der Waals surface area contributed by atoms with Crippen molar-refractivity contribution in [1.29, 1.82) is 0 Å². The molecule has 0 atom stereocenters. The third kappa shape index (κ3) is 3.38. The summed E-state index contributed by atoms with van der Waals surface area (Å²) in [5.41, 5.74) is 1.22. The number of pyridine rings is 1. The third-order valence-corrected chi connectivity index (χ3v) is 2.56. The van der Waals surface area contributed by atoms with Gasteiger partial charge in [-0.3, -0.25) is 4.98 Å². The minimum absolute atomic E-state index is 0.356. The Labute approximate surface area is 116 Å². The fourth-order valence-corrected chi connectivity index (χ4v) is 1.64. The Bertz CT molecular complexity index is 587. The summed E-state index contributed by atoms with van der Waals surface area (Å²) in [5, 5.41) is 5.37. The molecule has 1 aromatic carbocycles. The Morgan fingerprint density at radius 1 is 1.05 bits per heavy atom. The first-order valence-corrected chi connectivity index (χ1v) is 5.93. The molecule has 0 aliphatic carbocycles. The van der Waals surface area contributed by atoms with Gasteiger partial charge < -0.3 is 20.1 Å². The zero-order chi connectivity index (χ0) is 14.4. The van der Waals surface area contributed by atoms with Crippen LogP contribution in [0.5, 0.6) is 11.5 Å². The second-order valence-corrected chi connectivity index (χ2v) is 3.89. The van der Waals surface area contributed by atoms with Crippen LogP contribution in [0.4, 0.5) is 16.2 Å². The maximum atomic E-state index is 11.8. The molecular formula is C14H15N3O3. The van der Waals surface area contributed by atoms with Crippen molar-refractivity contribution in [2.24, 2.45) is 0 Å². The van der Waals surface area contributed by atoms with E-state index in [1.54, 1.807) is 49.8 Å². The number of amides is 2. The van der Waals surface area contributed by atoms with Crippen LogP contribution in [-0.2, 0) is 0 Å². The number of anilines is 2. The average molecular weight is 273 g/mol. The van der Waals surface area contributed by atoms with Crippen molar-refractivity contribution in [1.82, 2.24) is 4.98 Å². The lowest BCUT2D eigenvalue weighted by Crippen LogP contribution is -2.19. The first kappa shape index (κ1) is 13.7. The minimum atomic E-state index is -0.356. The van der Waals surface area contributed by atoms with Gasteiger partial charge in [-0.2, -0.15) is 0 Å². The van der Waals surface area contributed by atoms with Crippen LogP contribution in [0.15, 0.2) is 42.7 Å². The zero-order valence-electron chi connectivity index (χ0n) is 11.2. The van der Waals surface area contributed by atoms with Crippen LogP contribution in [0.25, 0.3) is 0 Å². The zero-order valence-corrected chi connectivity index (χ0v) is 11.2. The lowest BCUT2D eigenvalue weighted by molar-refractivity contribution is 0.262. The molecule has 20 heavy (non-hydrogen) atoms. The number of methoxy groups -OCH3 is 2. The van der Waals surface area contributed by atoms with Crippen molar-refractivity contribution in [3.8, 4) is 11.5 Å². The normalized spacial score (nSPS) is 9.70. The van der Waals surface area contributed by atoms with Crippen LogP contribution in [0.1, 0.15) is 0 Å². The van der Waals surface area contributed by atoms with E-state index in [1.165, 1.54) is 7.11 Å². The van der Waals surface area contributed by atoms with Gasteiger partial charge in [-0.15, -0.1) is 0 Å². The number of aromatic nitrogens is 1. The van der Waals surface area contributed by atoms with Gasteiger partial charge in [0.05, 0.1) is 26.1 Å². The van der Waals surface area contributed by atoms with E-state index in [2.05, 4.69) is 15.6 Å². The second-order valence-electron chi connectivity index (χ2n) is 3.89. The van der Waals surface area contributed by atoms with Gasteiger partial charge in [0.25, 0.3) is 0 Å². The highest BCUT2D eigenvalue weighted by Gasteiger charge is 2.07. The first-order chi connectivity index (χ1) is 9.72. The van der Waals surface area contributed by atoms with Gasteiger partial charge >= 0.3 is 6.03 Å². The summed E-state index contributed by atoms with van der Waals surface area (Å²) < 4.78 is 10.3. The number of benzene rings is 1. The van der Waals surface area contributed by atoms with E-state index in [-0.39, 0.29) is 6.03 Å². The van der Waals surface area contributed by atoms with E-state index in [4.69, 9.17) is 9.47 Å². The van der Waals surface area contributed by atoms with Gasteiger partial charge in [-0.1, -0.05) is 0 Å². The second kappa shape index (κ2) is 6.42. The van der Waals surface area contributed by atoms with Crippen LogP contribution in [0, 0.1) is 0 Å². The third-order valence-electron chi connectivity index (χ3n) is 2.56. The van der Waals surface area contributed by atoms with Crippen molar-refractivity contribution < 1.29 is 14.3 Å². The fourth-order valence-electron chi connectivity index (χ4n) is 1.64. The number of hydrogen-bond donors (Lipinski definition) is 2. The summed E-state index contributed by atoms with van der Waals surface area (Å²) >= 11 is 0. The predicted octanol–water partition coefficient (Wildman–Crippen LogP) is 2.74. The monoisotopic (exact) mass is 273 g/mol. The molecule has 2 rings (SSSR count). The van der Waals surface area contributed by atoms with E-state index < -0.39 is 0 Å². The molecule has 0 bridgehead atoms. The molecule has 6 heteroatoms. The largest absolute Gasteiger partial charge is 0.493 e. The minimum Gasteiger partial charge on any atom is -0.493 e. The van der Waals surface area contributed by atoms with Crippen molar-refractivity contribution >= 4 is 17.4 Å². The number of ether oxygens (including phenoxy) is 2. The van der Waals surface area contributed by atoms with Crippen molar-refractivity contribution in [2.45, 2.75) is 0 Å². The molecule has 0 saturated carbocycles. The van der Waals surface area contributed by atoms with Crippen LogP contribution in [0.3, 0.4) is 0 Å². The molecule has 0 aliphatic heterocycles. The molecule has 6 nitrogen and oxygen atoms in total. The van der Waals surface area contributed by atoms with E-state index in [9.17, 15) is 4.79 Å². The predicted molar refractivity (Wildman–Crippen MR) is 76.4 cm³/mol. The molecule has 0 spiro atoms. The number of nitrogens with one attached hydrogen (secondary N) is 2. The topological polar surface area (TPSA) is 72.5 Å². The number of carbonyl (C=O) groups is 1. The van der Waals surface area contributed by atoms with Gasteiger partial charge in [-0.25, -0.2) is 4.79 Å². The average Bonchev–Trinajstić information content (AvgIpc) is 2.48. The van der Waals surface area contributed by atoms with E-state index >= 15 is 0 Å². The molecule has 2 aromatic rings. The molecule has 2 amide bonds. The highest BCUT2D eigenvalue weighted by molar-refractivity contribution is 5.99. The quantitative estimate of drug-likeness (QED) is 0.898. The van der Waals surface area contributed by atoms with Crippen molar-refractivity contribution in [3.05, 3.63) is 42.7 Å². The summed E-state index contributed by atoms with van der Waals surface area (Å²) in [6, 6.07) is 8.27. The maximum absolute atomic E-state index is 11.8. The Balaban J connectivity index is 2.04. The number of nitrogens with zero attached hydrogens (tertiary/aromatic N) is 1. The Kier molecular flexibility index (Phi) is 4.39. The summed E-state index contributed by atoms with van der Waals surface area (Å²) in [5.74, 6) is 1.15. The van der Waals surface area contributed by atoms with Crippen LogP contribution in [-0.4, -0.2) is 25.2 Å². The Hall–Kier alpha value is -2.76.